The van der Waals surface area contributed by atoms with Crippen molar-refractivity contribution in [3.63, 3.8) is 0 Å². The maximum Gasteiger partial charge on any atom is 0.408 e. The van der Waals surface area contributed by atoms with Gasteiger partial charge in [-0.3, -0.25) is 19.1 Å². The molecule has 164 valence electrons. The van der Waals surface area contributed by atoms with Crippen LogP contribution in [-0.2, 0) is 11.3 Å². The van der Waals surface area contributed by atoms with Gasteiger partial charge in [0.05, 0.1) is 25.3 Å². The normalized spacial score (nSPS) is 25.1. The molecule has 0 amide bonds. The van der Waals surface area contributed by atoms with Crippen LogP contribution in [0.5, 0.6) is 0 Å². The molecule has 31 heavy (non-hydrogen) atoms. The second-order valence-electron chi connectivity index (χ2n) is 8.04. The lowest BCUT2D eigenvalue weighted by atomic mass is 10.1. The Hall–Kier alpha value is -2.95. The number of nitrogens with zero attached hydrogens (tertiary/aromatic N) is 5. The minimum Gasteiger partial charge on any atom is -0.374 e. The third-order valence-corrected chi connectivity index (χ3v) is 6.10. The summed E-state index contributed by atoms with van der Waals surface area (Å²) >= 11 is 0. The number of carbonyl (C=O) groups excluding carboxylic acids is 1. The number of hydrogen-bond acceptors (Lipinski definition) is 7. The highest BCUT2D eigenvalue weighted by Gasteiger charge is 2.48. The van der Waals surface area contributed by atoms with Gasteiger partial charge in [0.2, 0.25) is 5.95 Å². The zero-order chi connectivity index (χ0) is 21.8. The van der Waals surface area contributed by atoms with Crippen LogP contribution in [0.1, 0.15) is 23.2 Å². The average Bonchev–Trinajstić information content (AvgIpc) is 3.37. The van der Waals surface area contributed by atoms with E-state index < -0.39 is 30.1 Å². The fourth-order valence-corrected chi connectivity index (χ4v) is 4.58. The monoisotopic (exact) mass is 435 g/mol. The highest BCUT2D eigenvalue weighted by molar-refractivity contribution is 5.98. The third-order valence-electron chi connectivity index (χ3n) is 6.10. The van der Waals surface area contributed by atoms with Gasteiger partial charge in [0.1, 0.15) is 11.9 Å². The zero-order valence-electron chi connectivity index (χ0n) is 16.5. The largest absolute Gasteiger partial charge is 0.408 e. The first-order valence-corrected chi connectivity index (χ1v) is 10.1. The number of ketones is 1. The van der Waals surface area contributed by atoms with E-state index in [0.717, 1.165) is 11.3 Å². The molecule has 0 radical (unpaired) electrons. The van der Waals surface area contributed by atoms with Crippen molar-refractivity contribution in [3.05, 3.63) is 46.5 Å². The lowest BCUT2D eigenvalue weighted by Gasteiger charge is -2.39. The van der Waals surface area contributed by atoms with Gasteiger partial charge in [-0.2, -0.15) is 18.2 Å². The van der Waals surface area contributed by atoms with Crippen LogP contribution >= 0.6 is 0 Å². The standard InChI is InChI=1S/C20H20F3N5O3/c21-20(22,23)16-3-5-26-18(30)7-17(27-9-14-6-13(27)11-31-14)25-19(26)28(16)10-15(29)12-2-1-4-24-8-12/h1-2,4,7-8,13-14,16H,3,5-6,9-11H2/t13-,14+,16-/m0/s1. The van der Waals surface area contributed by atoms with Crippen LogP contribution in [0.3, 0.4) is 0 Å². The van der Waals surface area contributed by atoms with E-state index in [1.165, 1.54) is 29.1 Å². The fourth-order valence-electron chi connectivity index (χ4n) is 4.58. The predicted molar refractivity (Wildman–Crippen MR) is 104 cm³/mol. The highest BCUT2D eigenvalue weighted by atomic mass is 19.4. The molecule has 0 aliphatic carbocycles. The van der Waals surface area contributed by atoms with Crippen molar-refractivity contribution in [2.75, 3.05) is 29.5 Å². The van der Waals surface area contributed by atoms with Gasteiger partial charge in [-0.05, 0) is 25.0 Å². The Labute approximate surface area is 175 Å². The van der Waals surface area contributed by atoms with E-state index in [2.05, 4.69) is 9.97 Å². The van der Waals surface area contributed by atoms with Crippen LogP contribution in [0.4, 0.5) is 24.9 Å². The molecule has 3 atom stereocenters. The molecule has 0 N–H and O–H groups in total. The fraction of sp³-hybridized carbons (Fsp3) is 0.500. The second kappa shape index (κ2) is 7.33. The van der Waals surface area contributed by atoms with Crippen LogP contribution in [0.25, 0.3) is 0 Å². The van der Waals surface area contributed by atoms with Gasteiger partial charge in [0, 0.05) is 37.1 Å². The summed E-state index contributed by atoms with van der Waals surface area (Å²) in [6.45, 7) is 0.371. The predicted octanol–water partition coefficient (Wildman–Crippen LogP) is 1.64. The van der Waals surface area contributed by atoms with E-state index in [1.807, 2.05) is 4.90 Å². The Morgan fingerprint density at radius 2 is 2.16 bits per heavy atom. The Morgan fingerprint density at radius 1 is 1.32 bits per heavy atom. The number of morpholine rings is 1. The van der Waals surface area contributed by atoms with Gasteiger partial charge in [0.25, 0.3) is 5.56 Å². The zero-order valence-corrected chi connectivity index (χ0v) is 16.5. The number of anilines is 2. The Bertz CT molecular complexity index is 1060. The van der Waals surface area contributed by atoms with Crippen LogP contribution in [-0.4, -0.2) is 64.4 Å². The number of Topliss-reactive ketones (excluding diaryl/α,β-unsaturated/α-hetero) is 1. The van der Waals surface area contributed by atoms with Crippen LogP contribution in [0.15, 0.2) is 35.4 Å². The summed E-state index contributed by atoms with van der Waals surface area (Å²) < 4.78 is 48.3. The van der Waals surface area contributed by atoms with Crippen LogP contribution < -0.4 is 15.4 Å². The molecule has 0 unspecified atom stereocenters. The van der Waals surface area contributed by atoms with Gasteiger partial charge in [-0.1, -0.05) is 0 Å². The molecule has 0 spiro atoms. The number of carbonyl (C=O) groups is 1. The van der Waals surface area contributed by atoms with Crippen LogP contribution in [0.2, 0.25) is 0 Å². The summed E-state index contributed by atoms with van der Waals surface area (Å²) in [5, 5.41) is 0. The first-order valence-electron chi connectivity index (χ1n) is 10.1. The van der Waals surface area contributed by atoms with E-state index in [1.54, 1.807) is 6.07 Å². The topological polar surface area (TPSA) is 80.6 Å². The number of aromatic nitrogens is 3. The summed E-state index contributed by atoms with van der Waals surface area (Å²) in [7, 11) is 0. The number of fused-ring (bicyclic) bond motifs is 3. The molecule has 0 aromatic carbocycles. The molecule has 5 rings (SSSR count). The van der Waals surface area contributed by atoms with E-state index in [-0.39, 0.29) is 36.6 Å². The number of halogens is 3. The molecule has 0 saturated carbocycles. The number of alkyl halides is 3. The van der Waals surface area contributed by atoms with Crippen molar-refractivity contribution in [2.24, 2.45) is 0 Å². The number of hydrogen-bond donors (Lipinski definition) is 0. The molecule has 8 nitrogen and oxygen atoms in total. The lowest BCUT2D eigenvalue weighted by Crippen LogP contribution is -2.54. The lowest BCUT2D eigenvalue weighted by molar-refractivity contribution is -0.152. The number of ether oxygens (including phenoxy) is 1. The van der Waals surface area contributed by atoms with Crippen molar-refractivity contribution in [1.29, 1.82) is 0 Å². The molecular weight excluding hydrogens is 415 g/mol. The third kappa shape index (κ3) is 3.56. The van der Waals surface area contributed by atoms with E-state index in [4.69, 9.17) is 4.74 Å². The Kier molecular flexibility index (Phi) is 4.72. The van der Waals surface area contributed by atoms with E-state index in [0.29, 0.717) is 19.0 Å². The highest BCUT2D eigenvalue weighted by Crippen LogP contribution is 2.36. The molecule has 5 heterocycles. The van der Waals surface area contributed by atoms with Gasteiger partial charge < -0.3 is 14.5 Å². The number of pyridine rings is 1. The van der Waals surface area contributed by atoms with Crippen molar-refractivity contribution in [3.8, 4) is 0 Å². The van der Waals surface area contributed by atoms with Crippen molar-refractivity contribution in [2.45, 2.75) is 43.8 Å². The molecule has 3 aliphatic heterocycles. The molecule has 2 saturated heterocycles. The summed E-state index contributed by atoms with van der Waals surface area (Å²) in [5.74, 6) is -0.324. The molecule has 3 aliphatic rings. The summed E-state index contributed by atoms with van der Waals surface area (Å²) in [5.41, 5.74) is -0.226. The van der Waals surface area contributed by atoms with Crippen molar-refractivity contribution < 1.29 is 22.7 Å². The summed E-state index contributed by atoms with van der Waals surface area (Å²) in [4.78, 5) is 36.6. The van der Waals surface area contributed by atoms with Gasteiger partial charge in [-0.15, -0.1) is 0 Å². The quantitative estimate of drug-likeness (QED) is 0.676. The van der Waals surface area contributed by atoms with Crippen LogP contribution in [0, 0.1) is 0 Å². The van der Waals surface area contributed by atoms with E-state index >= 15 is 0 Å². The van der Waals surface area contributed by atoms with Gasteiger partial charge >= 0.3 is 6.18 Å². The first kappa shape index (κ1) is 20.0. The second-order valence-corrected chi connectivity index (χ2v) is 8.04. The summed E-state index contributed by atoms with van der Waals surface area (Å²) in [6.07, 6.45) is -1.28. The minimum atomic E-state index is -4.57. The molecule has 11 heteroatoms. The Morgan fingerprint density at radius 3 is 2.81 bits per heavy atom. The Balaban J connectivity index is 1.54. The maximum atomic E-state index is 13.9. The molecule has 2 bridgehead atoms. The van der Waals surface area contributed by atoms with Gasteiger partial charge in [-0.25, -0.2) is 0 Å². The smallest absolute Gasteiger partial charge is 0.374 e. The van der Waals surface area contributed by atoms with Crippen molar-refractivity contribution >= 4 is 17.5 Å². The SMILES string of the molecule is O=C(CN1c2nc(N3C[C@H]4C[C@H]3CO4)cc(=O)n2CC[C@H]1C(F)(F)F)c1cccnc1. The summed E-state index contributed by atoms with van der Waals surface area (Å²) in [6, 6.07) is 2.55. The first-order chi connectivity index (χ1) is 14.8. The van der Waals surface area contributed by atoms with E-state index in [9.17, 15) is 22.8 Å². The van der Waals surface area contributed by atoms with Gasteiger partial charge in [0.15, 0.2) is 5.78 Å². The molecular formula is C20H20F3N5O3. The molecule has 2 fully saturated rings. The average molecular weight is 435 g/mol. The molecule has 2 aromatic heterocycles. The molecule has 2 aromatic rings. The number of rotatable bonds is 4. The maximum absolute atomic E-state index is 13.9. The minimum absolute atomic E-state index is 0.0387. The van der Waals surface area contributed by atoms with Crippen molar-refractivity contribution in [1.82, 2.24) is 14.5 Å².